The van der Waals surface area contributed by atoms with Crippen LogP contribution in [0.4, 0.5) is 5.13 Å². The van der Waals surface area contributed by atoms with Crippen LogP contribution in [0, 0.1) is 6.92 Å². The van der Waals surface area contributed by atoms with Crippen molar-refractivity contribution in [1.82, 2.24) is 14.8 Å². The number of hydrogen-bond acceptors (Lipinski definition) is 6. The van der Waals surface area contributed by atoms with Gasteiger partial charge < -0.3 is 9.15 Å². The highest BCUT2D eigenvalue weighted by atomic mass is 35.5. The Hall–Kier alpha value is -3.10. The van der Waals surface area contributed by atoms with Gasteiger partial charge in [-0.1, -0.05) is 11.6 Å². The van der Waals surface area contributed by atoms with Gasteiger partial charge in [0.2, 0.25) is 0 Å². The number of hydrogen-bond donors (Lipinski definition) is 1. The highest BCUT2D eigenvalue weighted by Gasteiger charge is 2.15. The first kappa shape index (κ1) is 20.2. The number of benzene rings is 1. The number of aromatic nitrogens is 3. The third kappa shape index (κ3) is 4.55. The molecule has 7 nitrogen and oxygen atoms in total. The predicted molar refractivity (Wildman–Crippen MR) is 116 cm³/mol. The molecular weight excluding hydrogens is 424 g/mol. The third-order valence-corrected chi connectivity index (χ3v) is 5.36. The van der Waals surface area contributed by atoms with Crippen molar-refractivity contribution < 1.29 is 13.9 Å². The zero-order chi connectivity index (χ0) is 21.1. The summed E-state index contributed by atoms with van der Waals surface area (Å²) in [4.78, 5) is 16.9. The maximum absolute atomic E-state index is 12.5. The van der Waals surface area contributed by atoms with Crippen LogP contribution in [0.3, 0.4) is 0 Å². The summed E-state index contributed by atoms with van der Waals surface area (Å²) in [5.41, 5.74) is 2.60. The van der Waals surface area contributed by atoms with Crippen molar-refractivity contribution in [2.45, 2.75) is 27.0 Å². The number of anilines is 1. The number of ether oxygens (including phenoxy) is 1. The van der Waals surface area contributed by atoms with E-state index in [0.29, 0.717) is 21.7 Å². The lowest BCUT2D eigenvalue weighted by Gasteiger charge is -2.07. The largest absolute Gasteiger partial charge is 0.485 e. The van der Waals surface area contributed by atoms with Crippen molar-refractivity contribution in [3.8, 4) is 17.0 Å². The molecule has 0 aliphatic rings. The van der Waals surface area contributed by atoms with E-state index in [2.05, 4.69) is 15.4 Å². The molecule has 0 bridgehead atoms. The highest BCUT2D eigenvalue weighted by Crippen LogP contribution is 2.26. The Labute approximate surface area is 182 Å². The van der Waals surface area contributed by atoms with E-state index in [9.17, 15) is 4.79 Å². The van der Waals surface area contributed by atoms with Crippen LogP contribution in [-0.2, 0) is 13.2 Å². The zero-order valence-electron chi connectivity index (χ0n) is 16.4. The number of amides is 1. The van der Waals surface area contributed by atoms with Gasteiger partial charge in [0.25, 0.3) is 5.91 Å². The smallest absolute Gasteiger partial charge is 0.293 e. The number of rotatable bonds is 7. The predicted octanol–water partition coefficient (Wildman–Crippen LogP) is 5.41. The zero-order valence-corrected chi connectivity index (χ0v) is 18.0. The van der Waals surface area contributed by atoms with Crippen LogP contribution in [0.25, 0.3) is 11.3 Å². The van der Waals surface area contributed by atoms with Crippen molar-refractivity contribution in [1.29, 1.82) is 0 Å². The van der Waals surface area contributed by atoms with E-state index in [1.807, 2.05) is 36.2 Å². The molecule has 4 rings (SSSR count). The summed E-state index contributed by atoms with van der Waals surface area (Å²) in [5.74, 6) is 1.08. The molecule has 0 atom stereocenters. The Morgan fingerprint density at radius 2 is 2.20 bits per heavy atom. The van der Waals surface area contributed by atoms with Gasteiger partial charge in [0.1, 0.15) is 18.1 Å². The fourth-order valence-corrected chi connectivity index (χ4v) is 3.73. The fraction of sp³-hybridized carbons (Fsp3) is 0.190. The lowest BCUT2D eigenvalue weighted by Crippen LogP contribution is -2.10. The van der Waals surface area contributed by atoms with E-state index in [4.69, 9.17) is 20.8 Å². The van der Waals surface area contributed by atoms with Crippen LogP contribution in [0.5, 0.6) is 5.75 Å². The molecule has 4 aromatic rings. The second-order valence-corrected chi connectivity index (χ2v) is 7.84. The highest BCUT2D eigenvalue weighted by molar-refractivity contribution is 7.14. The Morgan fingerprint density at radius 1 is 1.33 bits per heavy atom. The van der Waals surface area contributed by atoms with Crippen LogP contribution in [-0.4, -0.2) is 20.7 Å². The number of thiazole rings is 1. The molecule has 30 heavy (non-hydrogen) atoms. The molecule has 0 spiro atoms. The van der Waals surface area contributed by atoms with Gasteiger partial charge in [-0.25, -0.2) is 4.98 Å². The van der Waals surface area contributed by atoms with E-state index < -0.39 is 0 Å². The molecule has 3 aromatic heterocycles. The van der Waals surface area contributed by atoms with E-state index in [-0.39, 0.29) is 18.3 Å². The fourth-order valence-electron chi connectivity index (χ4n) is 2.79. The van der Waals surface area contributed by atoms with E-state index in [1.165, 1.54) is 11.3 Å². The van der Waals surface area contributed by atoms with Crippen LogP contribution in [0.1, 0.15) is 28.8 Å². The van der Waals surface area contributed by atoms with Gasteiger partial charge >= 0.3 is 0 Å². The average molecular weight is 443 g/mol. The number of halogens is 1. The van der Waals surface area contributed by atoms with Crippen molar-refractivity contribution in [2.24, 2.45) is 0 Å². The second-order valence-electron chi connectivity index (χ2n) is 6.54. The number of carbonyl (C=O) groups is 1. The van der Waals surface area contributed by atoms with E-state index in [1.54, 1.807) is 30.5 Å². The van der Waals surface area contributed by atoms with Gasteiger partial charge in [-0.05, 0) is 49.7 Å². The molecule has 0 aliphatic heterocycles. The SMILES string of the molecule is CCn1cc(-c2csc(NC(=O)c3ccc(COc4ccc(Cl)cc4C)o3)n2)cn1. The summed E-state index contributed by atoms with van der Waals surface area (Å²) >= 11 is 7.30. The topological polar surface area (TPSA) is 82.2 Å². The third-order valence-electron chi connectivity index (χ3n) is 4.37. The van der Waals surface area contributed by atoms with Crippen molar-refractivity contribution in [3.05, 3.63) is 70.2 Å². The molecular formula is C21H19ClN4O3S. The minimum atomic E-state index is -0.367. The van der Waals surface area contributed by atoms with Crippen molar-refractivity contribution in [3.63, 3.8) is 0 Å². The number of carbonyl (C=O) groups excluding carboxylic acids is 1. The molecule has 0 aliphatic carbocycles. The molecule has 1 N–H and O–H groups in total. The van der Waals surface area contributed by atoms with Gasteiger partial charge in [0.05, 0.1) is 11.9 Å². The number of nitrogens with one attached hydrogen (secondary N) is 1. The summed E-state index contributed by atoms with van der Waals surface area (Å²) in [6, 6.07) is 8.72. The summed E-state index contributed by atoms with van der Waals surface area (Å²) in [6.45, 7) is 4.93. The van der Waals surface area contributed by atoms with Crippen molar-refractivity contribution in [2.75, 3.05) is 5.32 Å². The second kappa shape index (κ2) is 8.73. The first-order chi connectivity index (χ1) is 14.5. The first-order valence-electron chi connectivity index (χ1n) is 9.29. The van der Waals surface area contributed by atoms with Crippen LogP contribution in [0.15, 0.2) is 52.5 Å². The molecule has 0 unspecified atom stereocenters. The normalized spacial score (nSPS) is 10.9. The molecule has 0 saturated carbocycles. The number of nitrogens with zero attached hydrogens (tertiary/aromatic N) is 3. The Morgan fingerprint density at radius 3 is 2.97 bits per heavy atom. The quantitative estimate of drug-likeness (QED) is 0.413. The Bertz CT molecular complexity index is 1180. The molecule has 0 saturated heterocycles. The molecule has 154 valence electrons. The molecule has 1 aromatic carbocycles. The van der Waals surface area contributed by atoms with Gasteiger partial charge in [-0.2, -0.15) is 5.10 Å². The van der Waals surface area contributed by atoms with Gasteiger partial charge in [-0.3, -0.25) is 14.8 Å². The van der Waals surface area contributed by atoms with E-state index >= 15 is 0 Å². The summed E-state index contributed by atoms with van der Waals surface area (Å²) < 4.78 is 13.2. The number of furan rings is 1. The van der Waals surface area contributed by atoms with Gasteiger partial charge in [-0.15, -0.1) is 11.3 Å². The molecule has 0 radical (unpaired) electrons. The van der Waals surface area contributed by atoms with Crippen LogP contribution in [0.2, 0.25) is 5.02 Å². The Balaban J connectivity index is 1.37. The van der Waals surface area contributed by atoms with Gasteiger partial charge in [0.15, 0.2) is 10.9 Å². The molecule has 3 heterocycles. The maximum Gasteiger partial charge on any atom is 0.293 e. The summed E-state index contributed by atoms with van der Waals surface area (Å²) in [5, 5.41) is 10.0. The monoisotopic (exact) mass is 442 g/mol. The minimum Gasteiger partial charge on any atom is -0.485 e. The van der Waals surface area contributed by atoms with E-state index in [0.717, 1.165) is 23.4 Å². The standard InChI is InChI=1S/C21H19ClN4O3S/c1-3-26-10-14(9-23-26)17-12-30-21(24-17)25-20(27)19-7-5-16(29-19)11-28-18-6-4-15(22)8-13(18)2/h4-10,12H,3,11H2,1-2H3,(H,24,25,27). The summed E-state index contributed by atoms with van der Waals surface area (Å²) in [7, 11) is 0. The molecule has 0 fully saturated rings. The molecule has 1 amide bonds. The maximum atomic E-state index is 12.5. The van der Waals surface area contributed by atoms with Gasteiger partial charge in [0, 0.05) is 28.7 Å². The summed E-state index contributed by atoms with van der Waals surface area (Å²) in [6.07, 6.45) is 3.67. The van der Waals surface area contributed by atoms with Crippen LogP contribution < -0.4 is 10.1 Å². The van der Waals surface area contributed by atoms with Crippen molar-refractivity contribution >= 4 is 34.0 Å². The average Bonchev–Trinajstić information content (AvgIpc) is 3.47. The van der Waals surface area contributed by atoms with Crippen LogP contribution >= 0.6 is 22.9 Å². The number of aryl methyl sites for hydroxylation is 2. The lowest BCUT2D eigenvalue weighted by atomic mass is 10.2. The minimum absolute atomic E-state index is 0.192. The Kier molecular flexibility index (Phi) is 5.87. The first-order valence-corrected chi connectivity index (χ1v) is 10.5. The lowest BCUT2D eigenvalue weighted by molar-refractivity contribution is 0.0992. The molecule has 9 heteroatoms.